The van der Waals surface area contributed by atoms with E-state index in [4.69, 9.17) is 9.15 Å². The first-order valence-electron chi connectivity index (χ1n) is 10.8. The Labute approximate surface area is 173 Å². The number of benzene rings is 1. The molecule has 1 saturated heterocycles. The summed E-state index contributed by atoms with van der Waals surface area (Å²) in [5.41, 5.74) is 3.92. The number of nitrogens with zero attached hydrogens (tertiary/aromatic N) is 1. The number of amides is 1. The van der Waals surface area contributed by atoms with Gasteiger partial charge in [-0.05, 0) is 67.3 Å². The lowest BCUT2D eigenvalue weighted by atomic mass is 9.89. The number of aryl methyl sites for hydroxylation is 2. The van der Waals surface area contributed by atoms with E-state index in [0.717, 1.165) is 32.1 Å². The van der Waals surface area contributed by atoms with Gasteiger partial charge in [0.05, 0.1) is 25.5 Å². The van der Waals surface area contributed by atoms with Crippen LogP contribution in [0, 0.1) is 19.8 Å². The summed E-state index contributed by atoms with van der Waals surface area (Å²) in [6.07, 6.45) is 4.72. The van der Waals surface area contributed by atoms with Crippen molar-refractivity contribution in [2.75, 3.05) is 32.8 Å². The van der Waals surface area contributed by atoms with Gasteiger partial charge in [-0.1, -0.05) is 18.2 Å². The number of rotatable bonds is 8. The Morgan fingerprint density at radius 3 is 2.62 bits per heavy atom. The van der Waals surface area contributed by atoms with E-state index in [2.05, 4.69) is 42.3 Å². The van der Waals surface area contributed by atoms with Gasteiger partial charge in [-0.25, -0.2) is 0 Å². The lowest BCUT2D eigenvalue weighted by molar-refractivity contribution is -0.122. The Hall–Kier alpha value is -2.11. The van der Waals surface area contributed by atoms with Crippen LogP contribution in [0.2, 0.25) is 0 Å². The highest BCUT2D eigenvalue weighted by atomic mass is 16.5. The van der Waals surface area contributed by atoms with Gasteiger partial charge in [-0.3, -0.25) is 9.69 Å². The Bertz CT molecular complexity index is 808. The highest BCUT2D eigenvalue weighted by Crippen LogP contribution is 2.44. The second-order valence-corrected chi connectivity index (χ2v) is 8.48. The van der Waals surface area contributed by atoms with Gasteiger partial charge in [0, 0.05) is 26.1 Å². The van der Waals surface area contributed by atoms with E-state index in [9.17, 15) is 4.79 Å². The van der Waals surface area contributed by atoms with Crippen LogP contribution in [0.3, 0.4) is 0 Å². The molecule has 1 amide bonds. The molecule has 29 heavy (non-hydrogen) atoms. The Kier molecular flexibility index (Phi) is 6.36. The quantitative estimate of drug-likeness (QED) is 0.734. The topological polar surface area (TPSA) is 54.7 Å². The number of carbonyl (C=O) groups is 1. The Morgan fingerprint density at radius 1 is 1.17 bits per heavy atom. The summed E-state index contributed by atoms with van der Waals surface area (Å²) >= 11 is 0. The fourth-order valence-electron chi connectivity index (χ4n) is 4.31. The van der Waals surface area contributed by atoms with Crippen LogP contribution in [-0.2, 0) is 9.53 Å². The lowest BCUT2D eigenvalue weighted by Crippen LogP contribution is -2.43. The zero-order valence-corrected chi connectivity index (χ0v) is 17.5. The highest BCUT2D eigenvalue weighted by molar-refractivity contribution is 5.77. The molecule has 2 unspecified atom stereocenters. The predicted molar refractivity (Wildman–Crippen MR) is 113 cm³/mol. The van der Waals surface area contributed by atoms with Crippen molar-refractivity contribution < 1.29 is 13.9 Å². The maximum Gasteiger partial charge on any atom is 0.220 e. The molecule has 1 saturated carbocycles. The van der Waals surface area contributed by atoms with E-state index in [-0.39, 0.29) is 11.9 Å². The van der Waals surface area contributed by atoms with Gasteiger partial charge < -0.3 is 14.5 Å². The lowest BCUT2D eigenvalue weighted by Gasteiger charge is -2.33. The molecule has 1 aliphatic heterocycles. The molecule has 2 heterocycles. The third-order valence-corrected chi connectivity index (χ3v) is 6.41. The van der Waals surface area contributed by atoms with Crippen LogP contribution >= 0.6 is 0 Å². The van der Waals surface area contributed by atoms with Crippen molar-refractivity contribution in [1.29, 1.82) is 0 Å². The van der Waals surface area contributed by atoms with E-state index >= 15 is 0 Å². The fourth-order valence-corrected chi connectivity index (χ4v) is 4.31. The van der Waals surface area contributed by atoms with Crippen molar-refractivity contribution in [3.63, 3.8) is 0 Å². The second kappa shape index (κ2) is 9.14. The minimum Gasteiger partial charge on any atom is -0.468 e. The molecule has 1 aromatic heterocycles. The normalized spacial score (nSPS) is 19.7. The molecule has 1 aromatic carbocycles. The second-order valence-electron chi connectivity index (χ2n) is 8.48. The first-order valence-corrected chi connectivity index (χ1v) is 10.8. The first-order chi connectivity index (χ1) is 14.1. The van der Waals surface area contributed by atoms with Crippen molar-refractivity contribution >= 4 is 5.91 Å². The van der Waals surface area contributed by atoms with E-state index in [1.807, 2.05) is 12.1 Å². The first kappa shape index (κ1) is 20.2. The molecule has 5 nitrogen and oxygen atoms in total. The van der Waals surface area contributed by atoms with E-state index in [1.165, 1.54) is 29.5 Å². The minimum absolute atomic E-state index is 0.0545. The number of ether oxygens (including phenoxy) is 1. The summed E-state index contributed by atoms with van der Waals surface area (Å²) < 4.78 is 11.2. The van der Waals surface area contributed by atoms with Gasteiger partial charge in [-0.15, -0.1) is 0 Å². The third-order valence-electron chi connectivity index (χ3n) is 6.41. The van der Waals surface area contributed by atoms with Gasteiger partial charge in [0.1, 0.15) is 5.76 Å². The number of morpholine rings is 1. The third kappa shape index (κ3) is 5.09. The maximum atomic E-state index is 12.9. The van der Waals surface area contributed by atoms with Crippen molar-refractivity contribution in [3.8, 4) is 0 Å². The monoisotopic (exact) mass is 396 g/mol. The van der Waals surface area contributed by atoms with Crippen LogP contribution in [-0.4, -0.2) is 43.7 Å². The minimum atomic E-state index is 0.0545. The van der Waals surface area contributed by atoms with Crippen molar-refractivity contribution in [3.05, 3.63) is 59.0 Å². The molecular weight excluding hydrogens is 364 g/mol. The van der Waals surface area contributed by atoms with Crippen LogP contribution in [0.15, 0.2) is 41.0 Å². The summed E-state index contributed by atoms with van der Waals surface area (Å²) in [5.74, 6) is 1.99. The molecule has 2 aromatic rings. The average molecular weight is 397 g/mol. The molecule has 1 N–H and O–H groups in total. The van der Waals surface area contributed by atoms with Crippen LogP contribution in [0.4, 0.5) is 0 Å². The fraction of sp³-hybridized carbons (Fsp3) is 0.542. The molecule has 0 bridgehead atoms. The predicted octanol–water partition coefficient (Wildman–Crippen LogP) is 3.97. The molecule has 2 atom stereocenters. The van der Waals surface area contributed by atoms with Crippen LogP contribution in [0.5, 0.6) is 0 Å². The van der Waals surface area contributed by atoms with Gasteiger partial charge >= 0.3 is 0 Å². The van der Waals surface area contributed by atoms with Crippen molar-refractivity contribution in [2.45, 2.75) is 45.1 Å². The molecule has 0 radical (unpaired) electrons. The van der Waals surface area contributed by atoms with Crippen LogP contribution < -0.4 is 5.32 Å². The highest BCUT2D eigenvalue weighted by Gasteiger charge is 2.34. The summed E-state index contributed by atoms with van der Waals surface area (Å²) in [5, 5.41) is 3.20. The summed E-state index contributed by atoms with van der Waals surface area (Å²) in [4.78, 5) is 15.2. The largest absolute Gasteiger partial charge is 0.468 e. The van der Waals surface area contributed by atoms with Crippen LogP contribution in [0.25, 0.3) is 0 Å². The number of nitrogens with one attached hydrogen (secondary N) is 1. The SMILES string of the molecule is Cc1ccc(C(CC(=O)NCC(c2ccco2)N2CCOCC2)C2CC2)cc1C. The van der Waals surface area contributed by atoms with Gasteiger partial charge in [0.2, 0.25) is 5.91 Å². The summed E-state index contributed by atoms with van der Waals surface area (Å²) in [6.45, 7) is 8.01. The van der Waals surface area contributed by atoms with Crippen molar-refractivity contribution in [2.24, 2.45) is 5.92 Å². The maximum absolute atomic E-state index is 12.9. The van der Waals surface area contributed by atoms with Gasteiger partial charge in [0.25, 0.3) is 0 Å². The molecule has 156 valence electrons. The van der Waals surface area contributed by atoms with Crippen molar-refractivity contribution in [1.82, 2.24) is 10.2 Å². The average Bonchev–Trinajstić information content (AvgIpc) is 3.44. The number of hydrogen-bond acceptors (Lipinski definition) is 4. The van der Waals surface area contributed by atoms with E-state index < -0.39 is 0 Å². The summed E-state index contributed by atoms with van der Waals surface area (Å²) in [7, 11) is 0. The molecule has 5 heteroatoms. The number of furan rings is 1. The molecule has 0 spiro atoms. The van der Waals surface area contributed by atoms with E-state index in [0.29, 0.717) is 24.8 Å². The molecular formula is C24H32N2O3. The van der Waals surface area contributed by atoms with Gasteiger partial charge in [0.15, 0.2) is 0 Å². The summed E-state index contributed by atoms with van der Waals surface area (Å²) in [6, 6.07) is 10.6. The number of hydrogen-bond donors (Lipinski definition) is 1. The molecule has 4 rings (SSSR count). The zero-order chi connectivity index (χ0) is 20.2. The standard InChI is InChI=1S/C24H32N2O3/c1-17-5-6-20(14-18(17)2)21(19-7-8-19)15-24(27)25-16-22(23-4-3-11-29-23)26-9-12-28-13-10-26/h3-6,11,14,19,21-22H,7-10,12-13,15-16H2,1-2H3,(H,25,27). The van der Waals surface area contributed by atoms with Crippen LogP contribution in [0.1, 0.15) is 53.7 Å². The van der Waals surface area contributed by atoms with E-state index in [1.54, 1.807) is 6.26 Å². The Morgan fingerprint density at radius 2 is 1.97 bits per heavy atom. The molecule has 2 aliphatic rings. The number of carbonyl (C=O) groups excluding carboxylic acids is 1. The molecule has 1 aliphatic carbocycles. The van der Waals surface area contributed by atoms with Gasteiger partial charge in [-0.2, -0.15) is 0 Å². The molecule has 2 fully saturated rings. The smallest absolute Gasteiger partial charge is 0.220 e. The Balaban J connectivity index is 1.39. The zero-order valence-electron chi connectivity index (χ0n) is 17.5.